The minimum atomic E-state index is -3.78. The molecule has 0 aliphatic rings. The first-order chi connectivity index (χ1) is 13.7. The van der Waals surface area contributed by atoms with E-state index in [2.05, 4.69) is 10.3 Å². The number of hydrogen-bond acceptors (Lipinski definition) is 6. The van der Waals surface area contributed by atoms with E-state index >= 15 is 0 Å². The number of ether oxygens (including phenoxy) is 1. The molecule has 0 saturated carbocycles. The molecule has 1 atom stereocenters. The van der Waals surface area contributed by atoms with Crippen LogP contribution in [0.4, 0.5) is 0 Å². The van der Waals surface area contributed by atoms with Crippen molar-refractivity contribution in [3.05, 3.63) is 71.9 Å². The second-order valence-electron chi connectivity index (χ2n) is 6.37. The van der Waals surface area contributed by atoms with Crippen LogP contribution < -0.4 is 10.5 Å². The van der Waals surface area contributed by atoms with E-state index in [9.17, 15) is 18.0 Å². The van der Waals surface area contributed by atoms with Crippen LogP contribution in [0.25, 0.3) is 10.9 Å². The zero-order valence-corrected chi connectivity index (χ0v) is 16.3. The summed E-state index contributed by atoms with van der Waals surface area (Å²) in [5.74, 6) is -1.20. The summed E-state index contributed by atoms with van der Waals surface area (Å²) >= 11 is 0. The normalized spacial score (nSPS) is 12.3. The summed E-state index contributed by atoms with van der Waals surface area (Å²) in [6.45, 7) is 1.25. The molecule has 0 aliphatic carbocycles. The standard InChI is InChI=1S/C20H19N3O5S/c1-13(14-6-9-16(10-7-14)29(21,26)27)22-19(24)12-28-20(25)18-11-8-15-4-2-3-5-17(15)23-18/h2-11,13H,12H2,1H3,(H,22,24)(H2,21,26,27)/t13-/m0/s1. The first-order valence-electron chi connectivity index (χ1n) is 8.69. The molecule has 0 saturated heterocycles. The van der Waals surface area contributed by atoms with Crippen molar-refractivity contribution in [2.75, 3.05) is 6.61 Å². The number of hydrogen-bond donors (Lipinski definition) is 2. The van der Waals surface area contributed by atoms with Crippen LogP contribution in [0.2, 0.25) is 0 Å². The topological polar surface area (TPSA) is 128 Å². The van der Waals surface area contributed by atoms with Gasteiger partial charge in [-0.05, 0) is 36.8 Å². The molecule has 0 unspecified atom stereocenters. The van der Waals surface area contributed by atoms with Crippen molar-refractivity contribution >= 4 is 32.8 Å². The van der Waals surface area contributed by atoms with Crippen molar-refractivity contribution < 1.29 is 22.7 Å². The van der Waals surface area contributed by atoms with Gasteiger partial charge in [0.25, 0.3) is 5.91 Å². The van der Waals surface area contributed by atoms with Gasteiger partial charge in [-0.25, -0.2) is 23.3 Å². The lowest BCUT2D eigenvalue weighted by atomic mass is 10.1. The molecule has 0 aliphatic heterocycles. The summed E-state index contributed by atoms with van der Waals surface area (Å²) in [6, 6.07) is 16.0. The van der Waals surface area contributed by atoms with Gasteiger partial charge in [0, 0.05) is 5.39 Å². The van der Waals surface area contributed by atoms with Crippen molar-refractivity contribution in [1.29, 1.82) is 0 Å². The van der Waals surface area contributed by atoms with Crippen LogP contribution in [0.15, 0.2) is 65.6 Å². The Bertz CT molecular complexity index is 1160. The number of nitrogens with two attached hydrogens (primary N) is 1. The Hall–Kier alpha value is -3.30. The molecule has 3 N–H and O–H groups in total. The Kier molecular flexibility index (Phi) is 5.90. The van der Waals surface area contributed by atoms with Crippen LogP contribution in [0.3, 0.4) is 0 Å². The molecule has 3 rings (SSSR count). The van der Waals surface area contributed by atoms with Crippen molar-refractivity contribution in [3.8, 4) is 0 Å². The van der Waals surface area contributed by atoms with Gasteiger partial charge in [-0.2, -0.15) is 0 Å². The van der Waals surface area contributed by atoms with Gasteiger partial charge in [-0.15, -0.1) is 0 Å². The van der Waals surface area contributed by atoms with E-state index in [1.807, 2.05) is 18.2 Å². The summed E-state index contributed by atoms with van der Waals surface area (Å²) in [5, 5.41) is 8.63. The largest absolute Gasteiger partial charge is 0.451 e. The molecule has 2 aromatic carbocycles. The number of carbonyl (C=O) groups is 2. The molecule has 8 nitrogen and oxygen atoms in total. The van der Waals surface area contributed by atoms with Crippen molar-refractivity contribution in [2.24, 2.45) is 5.14 Å². The Morgan fingerprint density at radius 2 is 1.76 bits per heavy atom. The molecule has 1 heterocycles. The number of nitrogens with zero attached hydrogens (tertiary/aromatic N) is 1. The van der Waals surface area contributed by atoms with E-state index in [0.717, 1.165) is 5.39 Å². The average Bonchev–Trinajstić information content (AvgIpc) is 2.71. The van der Waals surface area contributed by atoms with E-state index < -0.39 is 34.5 Å². The van der Waals surface area contributed by atoms with Crippen LogP contribution in [0, 0.1) is 0 Å². The number of rotatable bonds is 6. The van der Waals surface area contributed by atoms with Gasteiger partial charge < -0.3 is 10.1 Å². The number of benzene rings is 2. The summed E-state index contributed by atoms with van der Waals surface area (Å²) in [7, 11) is -3.78. The van der Waals surface area contributed by atoms with Gasteiger partial charge in [0.05, 0.1) is 16.5 Å². The molecule has 0 radical (unpaired) electrons. The number of fused-ring (bicyclic) bond motifs is 1. The predicted octanol–water partition coefficient (Wildman–Crippen LogP) is 1.92. The molecule has 150 valence electrons. The van der Waals surface area contributed by atoms with Crippen LogP contribution >= 0.6 is 0 Å². The van der Waals surface area contributed by atoms with Crippen LogP contribution in [-0.4, -0.2) is 31.9 Å². The summed E-state index contributed by atoms with van der Waals surface area (Å²) in [6.07, 6.45) is 0. The molecule has 9 heteroatoms. The average molecular weight is 413 g/mol. The van der Waals surface area contributed by atoms with Crippen molar-refractivity contribution in [2.45, 2.75) is 17.9 Å². The molecule has 29 heavy (non-hydrogen) atoms. The van der Waals surface area contributed by atoms with E-state index in [1.165, 1.54) is 18.2 Å². The number of primary sulfonamides is 1. The fourth-order valence-electron chi connectivity index (χ4n) is 2.70. The Morgan fingerprint density at radius 3 is 2.45 bits per heavy atom. The number of nitrogens with one attached hydrogen (secondary N) is 1. The molecule has 1 amide bonds. The van der Waals surface area contributed by atoms with Gasteiger partial charge in [0.1, 0.15) is 5.69 Å². The van der Waals surface area contributed by atoms with Gasteiger partial charge in [0.2, 0.25) is 10.0 Å². The Balaban J connectivity index is 1.56. The third kappa shape index (κ3) is 5.15. The lowest BCUT2D eigenvalue weighted by Gasteiger charge is -2.14. The second kappa shape index (κ2) is 8.38. The van der Waals surface area contributed by atoms with E-state index in [0.29, 0.717) is 11.1 Å². The summed E-state index contributed by atoms with van der Waals surface area (Å²) < 4.78 is 27.6. The Labute approximate surface area is 167 Å². The van der Waals surface area contributed by atoms with Crippen LogP contribution in [-0.2, 0) is 19.6 Å². The van der Waals surface area contributed by atoms with Crippen LogP contribution in [0.5, 0.6) is 0 Å². The number of para-hydroxylation sites is 1. The van der Waals surface area contributed by atoms with Crippen molar-refractivity contribution in [3.63, 3.8) is 0 Å². The number of sulfonamides is 1. The highest BCUT2D eigenvalue weighted by Crippen LogP contribution is 2.16. The fraction of sp³-hybridized carbons (Fsp3) is 0.150. The number of aromatic nitrogens is 1. The summed E-state index contributed by atoms with van der Waals surface area (Å²) in [5.41, 5.74) is 1.44. The maximum atomic E-state index is 12.1. The molecule has 3 aromatic rings. The fourth-order valence-corrected chi connectivity index (χ4v) is 3.21. The lowest BCUT2D eigenvalue weighted by Crippen LogP contribution is -2.31. The molecule has 0 fully saturated rings. The van der Waals surface area contributed by atoms with Crippen molar-refractivity contribution in [1.82, 2.24) is 10.3 Å². The number of pyridine rings is 1. The molecular weight excluding hydrogens is 394 g/mol. The minimum Gasteiger partial charge on any atom is -0.451 e. The first-order valence-corrected chi connectivity index (χ1v) is 10.2. The predicted molar refractivity (Wildman–Crippen MR) is 106 cm³/mol. The highest BCUT2D eigenvalue weighted by Gasteiger charge is 2.15. The number of carbonyl (C=O) groups excluding carboxylic acids is 2. The van der Waals surface area contributed by atoms with Crippen LogP contribution in [0.1, 0.15) is 29.0 Å². The monoisotopic (exact) mass is 413 g/mol. The SMILES string of the molecule is C[C@H](NC(=O)COC(=O)c1ccc2ccccc2n1)c1ccc(S(N)(=O)=O)cc1. The zero-order valence-electron chi connectivity index (χ0n) is 15.5. The number of esters is 1. The van der Waals surface area contributed by atoms with Gasteiger partial charge >= 0.3 is 5.97 Å². The number of amides is 1. The highest BCUT2D eigenvalue weighted by molar-refractivity contribution is 7.89. The summed E-state index contributed by atoms with van der Waals surface area (Å²) in [4.78, 5) is 28.4. The smallest absolute Gasteiger partial charge is 0.357 e. The quantitative estimate of drug-likeness (QED) is 0.594. The maximum Gasteiger partial charge on any atom is 0.357 e. The third-order valence-corrected chi connectivity index (χ3v) is 5.16. The molecule has 0 spiro atoms. The van der Waals surface area contributed by atoms with E-state index in [1.54, 1.807) is 31.2 Å². The van der Waals surface area contributed by atoms with E-state index in [4.69, 9.17) is 9.88 Å². The maximum absolute atomic E-state index is 12.1. The van der Waals surface area contributed by atoms with E-state index in [-0.39, 0.29) is 10.6 Å². The molecule has 1 aromatic heterocycles. The van der Waals surface area contributed by atoms with Gasteiger partial charge in [-0.3, -0.25) is 4.79 Å². The van der Waals surface area contributed by atoms with Gasteiger partial charge in [0.15, 0.2) is 6.61 Å². The minimum absolute atomic E-state index is 0.0170. The lowest BCUT2D eigenvalue weighted by molar-refractivity contribution is -0.124. The van der Waals surface area contributed by atoms with Gasteiger partial charge in [-0.1, -0.05) is 36.4 Å². The first kappa shape index (κ1) is 20.4. The third-order valence-electron chi connectivity index (χ3n) is 4.23. The molecular formula is C20H19N3O5S. The Morgan fingerprint density at radius 1 is 1.07 bits per heavy atom. The highest BCUT2D eigenvalue weighted by atomic mass is 32.2. The zero-order chi connectivity index (χ0) is 21.0. The molecule has 0 bridgehead atoms. The second-order valence-corrected chi connectivity index (χ2v) is 7.93.